The maximum Gasteiger partial charge on any atom is 0.225 e. The maximum absolute atomic E-state index is 12.5. The molecule has 3 atom stereocenters. The zero-order valence-electron chi connectivity index (χ0n) is 11.7. The quantitative estimate of drug-likeness (QED) is 0.781. The lowest BCUT2D eigenvalue weighted by Crippen LogP contribution is -2.40. The largest absolute Gasteiger partial charge is 0.352 e. The first-order valence-corrected chi connectivity index (χ1v) is 7.36. The van der Waals surface area contributed by atoms with Gasteiger partial charge in [0.2, 0.25) is 11.8 Å². The Bertz CT molecular complexity index is 346. The lowest BCUT2D eigenvalue weighted by molar-refractivity contribution is -0.136. The lowest BCUT2D eigenvalue weighted by atomic mass is 9.81. The predicted molar refractivity (Wildman–Crippen MR) is 73.3 cm³/mol. The number of carbonyl (C=O) groups excluding carboxylic acids is 2. The molecular formula is C14H25N3O2. The molecule has 2 rings (SSSR count). The van der Waals surface area contributed by atoms with Crippen LogP contribution >= 0.6 is 0 Å². The maximum atomic E-state index is 12.5. The fraction of sp³-hybridized carbons (Fsp3) is 0.857. The van der Waals surface area contributed by atoms with E-state index in [-0.39, 0.29) is 23.8 Å². The van der Waals surface area contributed by atoms with Crippen molar-refractivity contribution < 1.29 is 9.59 Å². The Hall–Kier alpha value is -1.10. The number of amides is 2. The summed E-state index contributed by atoms with van der Waals surface area (Å²) < 4.78 is 0. The zero-order chi connectivity index (χ0) is 13.8. The van der Waals surface area contributed by atoms with E-state index in [9.17, 15) is 9.59 Å². The molecule has 1 heterocycles. The number of carbonyl (C=O) groups is 2. The summed E-state index contributed by atoms with van der Waals surface area (Å²) >= 11 is 0. The van der Waals surface area contributed by atoms with Crippen LogP contribution in [0.15, 0.2) is 0 Å². The molecule has 5 nitrogen and oxygen atoms in total. The zero-order valence-corrected chi connectivity index (χ0v) is 11.7. The van der Waals surface area contributed by atoms with Gasteiger partial charge >= 0.3 is 0 Å². The second-order valence-electron chi connectivity index (χ2n) is 5.94. The number of nitrogens with two attached hydrogens (primary N) is 1. The van der Waals surface area contributed by atoms with Crippen molar-refractivity contribution in [2.24, 2.45) is 17.6 Å². The van der Waals surface area contributed by atoms with Gasteiger partial charge in [-0.3, -0.25) is 9.59 Å². The van der Waals surface area contributed by atoms with Gasteiger partial charge in [0.25, 0.3) is 0 Å². The van der Waals surface area contributed by atoms with Crippen molar-refractivity contribution in [1.82, 2.24) is 10.2 Å². The van der Waals surface area contributed by atoms with Crippen molar-refractivity contribution in [3.63, 3.8) is 0 Å². The van der Waals surface area contributed by atoms with Crippen LogP contribution in [0.2, 0.25) is 0 Å². The van der Waals surface area contributed by atoms with Crippen LogP contribution in [-0.2, 0) is 9.59 Å². The average molecular weight is 267 g/mol. The summed E-state index contributed by atoms with van der Waals surface area (Å²) in [6.07, 6.45) is 5.08. The minimum absolute atomic E-state index is 0.0137. The highest BCUT2D eigenvalue weighted by molar-refractivity contribution is 5.79. The van der Waals surface area contributed by atoms with E-state index in [0.29, 0.717) is 19.0 Å². The number of hydrogen-bond acceptors (Lipinski definition) is 3. The van der Waals surface area contributed by atoms with Crippen molar-refractivity contribution in [3.05, 3.63) is 0 Å². The van der Waals surface area contributed by atoms with Gasteiger partial charge in [0, 0.05) is 32.0 Å². The molecule has 2 fully saturated rings. The van der Waals surface area contributed by atoms with E-state index < -0.39 is 0 Å². The second-order valence-corrected chi connectivity index (χ2v) is 5.94. The van der Waals surface area contributed by atoms with Crippen LogP contribution in [0.25, 0.3) is 0 Å². The molecule has 5 heteroatoms. The van der Waals surface area contributed by atoms with E-state index in [1.165, 1.54) is 6.92 Å². The Balaban J connectivity index is 1.85. The molecule has 0 spiro atoms. The molecule has 1 aliphatic heterocycles. The predicted octanol–water partition coefficient (Wildman–Crippen LogP) is 0.489. The summed E-state index contributed by atoms with van der Waals surface area (Å²) in [5, 5.41) is 2.90. The molecule has 1 saturated heterocycles. The molecule has 2 amide bonds. The van der Waals surface area contributed by atoms with E-state index in [4.69, 9.17) is 5.73 Å². The molecule has 2 aliphatic rings. The first-order valence-electron chi connectivity index (χ1n) is 7.36. The summed E-state index contributed by atoms with van der Waals surface area (Å²) in [4.78, 5) is 25.4. The first kappa shape index (κ1) is 14.3. The number of rotatable bonds is 3. The highest BCUT2D eigenvalue weighted by Crippen LogP contribution is 2.30. The molecular weight excluding hydrogens is 242 g/mol. The third-order valence-corrected chi connectivity index (χ3v) is 4.37. The van der Waals surface area contributed by atoms with Gasteiger partial charge in [0.15, 0.2) is 0 Å². The molecule has 1 aliphatic carbocycles. The van der Waals surface area contributed by atoms with Gasteiger partial charge in [-0.05, 0) is 38.1 Å². The SMILES string of the molecule is CC(=O)NC1CCN(C(=O)C2CCCC(CN)C2)C1. The van der Waals surface area contributed by atoms with Gasteiger partial charge in [-0.25, -0.2) is 0 Å². The monoisotopic (exact) mass is 267 g/mol. The van der Waals surface area contributed by atoms with Crippen molar-refractivity contribution in [1.29, 1.82) is 0 Å². The van der Waals surface area contributed by atoms with Crippen LogP contribution < -0.4 is 11.1 Å². The molecule has 19 heavy (non-hydrogen) atoms. The Labute approximate surface area is 114 Å². The van der Waals surface area contributed by atoms with Gasteiger partial charge in [0.05, 0.1) is 0 Å². The number of nitrogens with zero attached hydrogens (tertiary/aromatic N) is 1. The van der Waals surface area contributed by atoms with Gasteiger partial charge in [-0.2, -0.15) is 0 Å². The van der Waals surface area contributed by atoms with Crippen molar-refractivity contribution in [3.8, 4) is 0 Å². The van der Waals surface area contributed by atoms with Crippen molar-refractivity contribution in [2.75, 3.05) is 19.6 Å². The van der Waals surface area contributed by atoms with Gasteiger partial charge in [-0.15, -0.1) is 0 Å². The summed E-state index contributed by atoms with van der Waals surface area (Å²) in [5.74, 6) is 0.918. The van der Waals surface area contributed by atoms with Crippen LogP contribution in [-0.4, -0.2) is 42.4 Å². The van der Waals surface area contributed by atoms with Gasteiger partial charge in [0.1, 0.15) is 0 Å². The number of likely N-dealkylation sites (tertiary alicyclic amines) is 1. The Morgan fingerprint density at radius 1 is 1.32 bits per heavy atom. The highest BCUT2D eigenvalue weighted by atomic mass is 16.2. The van der Waals surface area contributed by atoms with Crippen molar-refractivity contribution in [2.45, 2.75) is 45.1 Å². The minimum atomic E-state index is -0.0137. The van der Waals surface area contributed by atoms with Crippen LogP contribution in [0.5, 0.6) is 0 Å². The number of nitrogens with one attached hydrogen (secondary N) is 1. The molecule has 0 radical (unpaired) electrons. The smallest absolute Gasteiger partial charge is 0.225 e. The molecule has 0 aromatic rings. The van der Waals surface area contributed by atoms with Gasteiger partial charge in [-0.1, -0.05) is 6.42 Å². The standard InChI is InChI=1S/C14H25N3O2/c1-10(18)16-13-5-6-17(9-13)14(19)12-4-2-3-11(7-12)8-15/h11-13H,2-9,15H2,1H3,(H,16,18). The summed E-state index contributed by atoms with van der Waals surface area (Å²) in [5.41, 5.74) is 5.72. The normalized spacial score (nSPS) is 31.3. The first-order chi connectivity index (χ1) is 9.10. The van der Waals surface area contributed by atoms with E-state index in [1.807, 2.05) is 4.90 Å². The molecule has 3 unspecified atom stereocenters. The molecule has 0 aromatic carbocycles. The fourth-order valence-corrected chi connectivity index (χ4v) is 3.35. The minimum Gasteiger partial charge on any atom is -0.352 e. The van der Waals surface area contributed by atoms with E-state index in [2.05, 4.69) is 5.32 Å². The van der Waals surface area contributed by atoms with E-state index >= 15 is 0 Å². The summed E-state index contributed by atoms with van der Waals surface area (Å²) in [6.45, 7) is 3.66. The Kier molecular flexibility index (Phi) is 4.80. The Morgan fingerprint density at radius 3 is 2.79 bits per heavy atom. The summed E-state index contributed by atoms with van der Waals surface area (Å²) in [7, 11) is 0. The fourth-order valence-electron chi connectivity index (χ4n) is 3.35. The Morgan fingerprint density at radius 2 is 2.11 bits per heavy atom. The summed E-state index contributed by atoms with van der Waals surface area (Å²) in [6, 6.07) is 0.135. The molecule has 0 aromatic heterocycles. The molecule has 0 bridgehead atoms. The van der Waals surface area contributed by atoms with Crippen LogP contribution in [0.4, 0.5) is 0 Å². The van der Waals surface area contributed by atoms with E-state index in [0.717, 1.165) is 38.6 Å². The third kappa shape index (κ3) is 3.69. The molecule has 3 N–H and O–H groups in total. The van der Waals surface area contributed by atoms with Crippen LogP contribution in [0, 0.1) is 11.8 Å². The lowest BCUT2D eigenvalue weighted by Gasteiger charge is -2.30. The van der Waals surface area contributed by atoms with Crippen LogP contribution in [0.1, 0.15) is 39.0 Å². The highest BCUT2D eigenvalue weighted by Gasteiger charge is 2.33. The van der Waals surface area contributed by atoms with Crippen molar-refractivity contribution >= 4 is 11.8 Å². The van der Waals surface area contributed by atoms with Crippen LogP contribution in [0.3, 0.4) is 0 Å². The molecule has 108 valence electrons. The second kappa shape index (κ2) is 6.37. The molecule has 1 saturated carbocycles. The average Bonchev–Trinajstić information content (AvgIpc) is 2.85. The number of hydrogen-bond donors (Lipinski definition) is 2. The topological polar surface area (TPSA) is 75.4 Å². The van der Waals surface area contributed by atoms with E-state index in [1.54, 1.807) is 0 Å². The van der Waals surface area contributed by atoms with Gasteiger partial charge < -0.3 is 16.0 Å². The third-order valence-electron chi connectivity index (χ3n) is 4.37.